The van der Waals surface area contributed by atoms with E-state index < -0.39 is 0 Å². The van der Waals surface area contributed by atoms with Gasteiger partial charge in [0.25, 0.3) is 11.8 Å². The van der Waals surface area contributed by atoms with Crippen LogP contribution in [0.1, 0.15) is 58.9 Å². The standard InChI is InChI=1S/C24H26N4O3/c1-31-20-11-7-8-18(14-20)26-24(30)21-12-5-6-13-22(21)27-23(29)17-15-25-28(16-17)19-9-3-2-4-10-19/h5-8,11-16,19H,2-4,9-10H2,1H3,(H,26,30)(H,27,29). The molecule has 0 bridgehead atoms. The number of nitrogens with one attached hydrogen (secondary N) is 2. The average Bonchev–Trinajstić information content (AvgIpc) is 3.31. The molecule has 0 radical (unpaired) electrons. The van der Waals surface area contributed by atoms with Gasteiger partial charge >= 0.3 is 0 Å². The number of para-hydroxylation sites is 1. The van der Waals surface area contributed by atoms with Gasteiger partial charge in [-0.25, -0.2) is 0 Å². The van der Waals surface area contributed by atoms with Crippen LogP contribution < -0.4 is 15.4 Å². The first-order valence-corrected chi connectivity index (χ1v) is 10.5. The molecule has 1 saturated carbocycles. The first-order valence-electron chi connectivity index (χ1n) is 10.5. The molecule has 2 N–H and O–H groups in total. The van der Waals surface area contributed by atoms with E-state index in [1.165, 1.54) is 19.3 Å². The van der Waals surface area contributed by atoms with Gasteiger partial charge < -0.3 is 15.4 Å². The molecule has 1 aliphatic carbocycles. The molecule has 1 fully saturated rings. The molecule has 0 spiro atoms. The van der Waals surface area contributed by atoms with Crippen molar-refractivity contribution >= 4 is 23.2 Å². The van der Waals surface area contributed by atoms with Gasteiger partial charge in [-0.3, -0.25) is 14.3 Å². The largest absolute Gasteiger partial charge is 0.497 e. The third-order valence-electron chi connectivity index (χ3n) is 5.56. The number of methoxy groups -OCH3 is 1. The topological polar surface area (TPSA) is 85.2 Å². The molecule has 3 aromatic rings. The van der Waals surface area contributed by atoms with Gasteiger partial charge in [0.2, 0.25) is 0 Å². The highest BCUT2D eigenvalue weighted by atomic mass is 16.5. The zero-order valence-electron chi connectivity index (χ0n) is 17.5. The second kappa shape index (κ2) is 9.47. The number of anilines is 2. The third kappa shape index (κ3) is 4.94. The maximum absolute atomic E-state index is 12.8. The molecule has 0 unspecified atom stereocenters. The molecule has 1 aliphatic rings. The van der Waals surface area contributed by atoms with Crippen molar-refractivity contribution in [3.63, 3.8) is 0 Å². The maximum Gasteiger partial charge on any atom is 0.258 e. The Morgan fingerprint density at radius 2 is 1.81 bits per heavy atom. The summed E-state index contributed by atoms with van der Waals surface area (Å²) in [4.78, 5) is 25.7. The van der Waals surface area contributed by atoms with Crippen LogP contribution in [0.3, 0.4) is 0 Å². The van der Waals surface area contributed by atoms with Crippen LogP contribution in [0, 0.1) is 0 Å². The van der Waals surface area contributed by atoms with E-state index in [1.807, 2.05) is 4.68 Å². The first kappa shape index (κ1) is 20.7. The lowest BCUT2D eigenvalue weighted by molar-refractivity contribution is 0.102. The molecule has 7 heteroatoms. The Balaban J connectivity index is 1.47. The Morgan fingerprint density at radius 1 is 1.00 bits per heavy atom. The quantitative estimate of drug-likeness (QED) is 0.596. The smallest absolute Gasteiger partial charge is 0.258 e. The molecule has 31 heavy (non-hydrogen) atoms. The minimum Gasteiger partial charge on any atom is -0.497 e. The van der Waals surface area contributed by atoms with Crippen molar-refractivity contribution in [2.45, 2.75) is 38.1 Å². The summed E-state index contributed by atoms with van der Waals surface area (Å²) in [7, 11) is 1.57. The number of amides is 2. The minimum absolute atomic E-state index is 0.288. The molecule has 1 aromatic heterocycles. The van der Waals surface area contributed by atoms with E-state index in [9.17, 15) is 9.59 Å². The van der Waals surface area contributed by atoms with E-state index in [-0.39, 0.29) is 11.8 Å². The van der Waals surface area contributed by atoms with Crippen molar-refractivity contribution in [1.29, 1.82) is 0 Å². The van der Waals surface area contributed by atoms with Gasteiger partial charge in [-0.05, 0) is 37.1 Å². The van der Waals surface area contributed by atoms with Crippen molar-refractivity contribution in [1.82, 2.24) is 9.78 Å². The molecule has 0 aliphatic heterocycles. The molecule has 160 valence electrons. The SMILES string of the molecule is COc1cccc(NC(=O)c2ccccc2NC(=O)c2cnn(C3CCCCC3)c2)c1. The highest BCUT2D eigenvalue weighted by Crippen LogP contribution is 2.28. The molecule has 4 rings (SSSR count). The average molecular weight is 418 g/mol. The highest BCUT2D eigenvalue weighted by molar-refractivity contribution is 6.12. The number of nitrogens with zero attached hydrogens (tertiary/aromatic N) is 2. The van der Waals surface area contributed by atoms with Crippen molar-refractivity contribution in [3.05, 3.63) is 72.1 Å². The molecular formula is C24H26N4O3. The number of benzene rings is 2. The lowest BCUT2D eigenvalue weighted by atomic mass is 9.96. The van der Waals surface area contributed by atoms with Gasteiger partial charge in [0.15, 0.2) is 0 Å². The zero-order chi connectivity index (χ0) is 21.6. The lowest BCUT2D eigenvalue weighted by Crippen LogP contribution is -2.18. The van der Waals surface area contributed by atoms with Crippen LogP contribution in [0.15, 0.2) is 60.9 Å². The Kier molecular flexibility index (Phi) is 6.31. The van der Waals surface area contributed by atoms with Crippen molar-refractivity contribution in [2.24, 2.45) is 0 Å². The zero-order valence-corrected chi connectivity index (χ0v) is 17.5. The molecule has 2 aromatic carbocycles. The highest BCUT2D eigenvalue weighted by Gasteiger charge is 2.19. The molecular weight excluding hydrogens is 392 g/mol. The number of hydrogen-bond donors (Lipinski definition) is 2. The third-order valence-corrected chi connectivity index (χ3v) is 5.56. The van der Waals surface area contributed by atoms with Gasteiger partial charge in [-0.2, -0.15) is 5.10 Å². The molecule has 2 amide bonds. The minimum atomic E-state index is -0.318. The van der Waals surface area contributed by atoms with Crippen molar-refractivity contribution < 1.29 is 14.3 Å². The Labute approximate surface area is 181 Å². The predicted molar refractivity (Wildman–Crippen MR) is 120 cm³/mol. The summed E-state index contributed by atoms with van der Waals surface area (Å²) in [5, 5.41) is 10.1. The Bertz CT molecular complexity index is 1070. The summed E-state index contributed by atoms with van der Waals surface area (Å²) < 4.78 is 7.10. The van der Waals surface area contributed by atoms with E-state index in [1.54, 1.807) is 68.0 Å². The maximum atomic E-state index is 12.8. The van der Waals surface area contributed by atoms with Crippen molar-refractivity contribution in [2.75, 3.05) is 17.7 Å². The van der Waals surface area contributed by atoms with E-state index in [4.69, 9.17) is 4.74 Å². The van der Waals surface area contributed by atoms with Gasteiger partial charge in [0.1, 0.15) is 5.75 Å². The van der Waals surface area contributed by atoms with Crippen molar-refractivity contribution in [3.8, 4) is 5.75 Å². The van der Waals surface area contributed by atoms with Crippen LogP contribution in [-0.4, -0.2) is 28.7 Å². The summed E-state index contributed by atoms with van der Waals surface area (Å²) in [5.74, 6) is 0.0418. The Morgan fingerprint density at radius 3 is 2.61 bits per heavy atom. The second-order valence-electron chi connectivity index (χ2n) is 7.69. The van der Waals surface area contributed by atoms with Crippen LogP contribution >= 0.6 is 0 Å². The second-order valence-corrected chi connectivity index (χ2v) is 7.69. The summed E-state index contributed by atoms with van der Waals surface area (Å²) in [6, 6.07) is 14.4. The molecule has 0 atom stereocenters. The van der Waals surface area contributed by atoms with Crippen LogP contribution in [0.4, 0.5) is 11.4 Å². The fraction of sp³-hybridized carbons (Fsp3) is 0.292. The number of carbonyl (C=O) groups is 2. The number of hydrogen-bond acceptors (Lipinski definition) is 4. The summed E-state index contributed by atoms with van der Waals surface area (Å²) in [6.07, 6.45) is 9.22. The fourth-order valence-corrected chi connectivity index (χ4v) is 3.88. The monoisotopic (exact) mass is 418 g/mol. The first-order chi connectivity index (χ1) is 15.1. The summed E-state index contributed by atoms with van der Waals surface area (Å²) in [6.45, 7) is 0. The molecule has 1 heterocycles. The predicted octanol–water partition coefficient (Wildman–Crippen LogP) is 4.90. The number of aromatic nitrogens is 2. The van der Waals surface area contributed by atoms with Gasteiger partial charge in [0.05, 0.1) is 36.2 Å². The number of carbonyl (C=O) groups excluding carboxylic acids is 2. The van der Waals surface area contributed by atoms with Crippen LogP contribution in [-0.2, 0) is 0 Å². The van der Waals surface area contributed by atoms with Gasteiger partial charge in [-0.15, -0.1) is 0 Å². The van der Waals surface area contributed by atoms with Gasteiger partial charge in [-0.1, -0.05) is 37.5 Å². The summed E-state index contributed by atoms with van der Waals surface area (Å²) in [5.41, 5.74) is 1.91. The van der Waals surface area contributed by atoms with Gasteiger partial charge in [0, 0.05) is 18.0 Å². The van der Waals surface area contributed by atoms with E-state index in [0.717, 1.165) is 12.8 Å². The number of rotatable bonds is 6. The fourth-order valence-electron chi connectivity index (χ4n) is 3.88. The normalized spacial score (nSPS) is 14.1. The molecule has 7 nitrogen and oxygen atoms in total. The lowest BCUT2D eigenvalue weighted by Gasteiger charge is -2.21. The van der Waals surface area contributed by atoms with Crippen LogP contribution in [0.5, 0.6) is 5.75 Å². The number of ether oxygens (including phenoxy) is 1. The molecule has 0 saturated heterocycles. The van der Waals surface area contributed by atoms with Crippen LogP contribution in [0.25, 0.3) is 0 Å². The van der Waals surface area contributed by atoms with E-state index in [2.05, 4.69) is 15.7 Å². The van der Waals surface area contributed by atoms with E-state index in [0.29, 0.717) is 34.3 Å². The summed E-state index contributed by atoms with van der Waals surface area (Å²) >= 11 is 0. The van der Waals surface area contributed by atoms with Crippen LogP contribution in [0.2, 0.25) is 0 Å². The van der Waals surface area contributed by atoms with E-state index >= 15 is 0 Å². The Hall–Kier alpha value is -3.61.